The van der Waals surface area contributed by atoms with E-state index in [4.69, 9.17) is 5.73 Å². The summed E-state index contributed by atoms with van der Waals surface area (Å²) in [6, 6.07) is 5.92. The van der Waals surface area contributed by atoms with Gasteiger partial charge in [0, 0.05) is 17.9 Å². The lowest BCUT2D eigenvalue weighted by molar-refractivity contribution is -0.139. The summed E-state index contributed by atoms with van der Waals surface area (Å²) < 4.78 is 12.3. The van der Waals surface area contributed by atoms with Crippen molar-refractivity contribution >= 4 is 17.7 Å². The topological polar surface area (TPSA) is 63.3 Å². The maximum Gasteiger partial charge on any atom is 0.324 e. The Bertz CT molecular complexity index is 386. The van der Waals surface area contributed by atoms with Crippen molar-refractivity contribution in [2.45, 2.75) is 11.7 Å². The fourth-order valence-electron chi connectivity index (χ4n) is 1.37. The Morgan fingerprint density at radius 3 is 2.69 bits per heavy atom. The molecule has 1 unspecified atom stereocenters. The van der Waals surface area contributed by atoms with Crippen molar-refractivity contribution in [1.29, 1.82) is 0 Å². The molecule has 0 saturated heterocycles. The third-order valence-corrected chi connectivity index (χ3v) is 3.72. The second-order valence-corrected chi connectivity index (χ2v) is 4.97. The van der Waals surface area contributed by atoms with Gasteiger partial charge in [-0.05, 0) is 13.0 Å². The Kier molecular flexibility index (Phi) is 4.32. The van der Waals surface area contributed by atoms with Crippen LogP contribution in [0, 0.1) is 5.82 Å². The molecule has 0 aliphatic heterocycles. The van der Waals surface area contributed by atoms with Crippen LogP contribution in [0.4, 0.5) is 4.39 Å². The molecule has 0 aliphatic carbocycles. The first-order chi connectivity index (χ1) is 7.52. The monoisotopic (exact) mass is 243 g/mol. The molecule has 0 aromatic heterocycles. The summed E-state index contributed by atoms with van der Waals surface area (Å²) in [6.45, 7) is 1.86. The van der Waals surface area contributed by atoms with Crippen molar-refractivity contribution in [3.8, 4) is 0 Å². The average Bonchev–Trinajstić information content (AvgIpc) is 2.26. The predicted octanol–water partition coefficient (Wildman–Crippen LogP) is 1.82. The van der Waals surface area contributed by atoms with Gasteiger partial charge in [0.2, 0.25) is 0 Å². The SMILES string of the molecule is CC(SCCN)(C(=O)O)c1ccccc1F. The van der Waals surface area contributed by atoms with Crippen LogP contribution in [0.15, 0.2) is 24.3 Å². The largest absolute Gasteiger partial charge is 0.480 e. The molecule has 1 aromatic carbocycles. The van der Waals surface area contributed by atoms with Crippen LogP contribution in [0.2, 0.25) is 0 Å². The number of carboxylic acid groups (broad SMARTS) is 1. The van der Waals surface area contributed by atoms with Gasteiger partial charge in [0.15, 0.2) is 0 Å². The second kappa shape index (κ2) is 5.32. The molecule has 5 heteroatoms. The van der Waals surface area contributed by atoms with Crippen molar-refractivity contribution in [3.05, 3.63) is 35.6 Å². The predicted molar refractivity (Wildman–Crippen MR) is 62.9 cm³/mol. The summed E-state index contributed by atoms with van der Waals surface area (Å²) >= 11 is 1.13. The van der Waals surface area contributed by atoms with Crippen LogP contribution in [0.3, 0.4) is 0 Å². The molecule has 0 spiro atoms. The summed E-state index contributed by atoms with van der Waals surface area (Å²) in [7, 11) is 0. The van der Waals surface area contributed by atoms with Gasteiger partial charge < -0.3 is 10.8 Å². The number of halogens is 1. The molecule has 3 nitrogen and oxygen atoms in total. The lowest BCUT2D eigenvalue weighted by atomic mass is 10.00. The summed E-state index contributed by atoms with van der Waals surface area (Å²) in [5.41, 5.74) is 5.53. The van der Waals surface area contributed by atoms with Crippen LogP contribution in [0.5, 0.6) is 0 Å². The van der Waals surface area contributed by atoms with E-state index in [1.807, 2.05) is 0 Å². The summed E-state index contributed by atoms with van der Waals surface area (Å²) in [6.07, 6.45) is 0. The Balaban J connectivity index is 3.11. The van der Waals surface area contributed by atoms with E-state index in [9.17, 15) is 14.3 Å². The first-order valence-corrected chi connectivity index (χ1v) is 5.83. The minimum absolute atomic E-state index is 0.181. The van der Waals surface area contributed by atoms with Gasteiger partial charge in [-0.2, -0.15) is 0 Å². The lowest BCUT2D eigenvalue weighted by Crippen LogP contribution is -2.31. The van der Waals surface area contributed by atoms with Crippen LogP contribution >= 0.6 is 11.8 Å². The standard InChI is InChI=1S/C11H14FNO2S/c1-11(10(14)15,16-7-6-13)8-4-2-3-5-9(8)12/h2-5H,6-7,13H2,1H3,(H,14,15). The highest BCUT2D eigenvalue weighted by Gasteiger charge is 2.37. The summed E-state index contributed by atoms with van der Waals surface area (Å²) in [5, 5.41) is 9.21. The van der Waals surface area contributed by atoms with E-state index in [1.165, 1.54) is 25.1 Å². The van der Waals surface area contributed by atoms with E-state index in [1.54, 1.807) is 6.07 Å². The number of nitrogens with two attached hydrogens (primary N) is 1. The third kappa shape index (κ3) is 2.54. The highest BCUT2D eigenvalue weighted by molar-refractivity contribution is 8.00. The molecule has 0 heterocycles. The molecule has 0 radical (unpaired) electrons. The zero-order chi connectivity index (χ0) is 12.2. The van der Waals surface area contributed by atoms with Gasteiger partial charge in [-0.25, -0.2) is 4.39 Å². The first kappa shape index (κ1) is 13.0. The van der Waals surface area contributed by atoms with E-state index >= 15 is 0 Å². The molecule has 1 rings (SSSR count). The van der Waals surface area contributed by atoms with Crippen molar-refractivity contribution in [3.63, 3.8) is 0 Å². The van der Waals surface area contributed by atoms with Crippen molar-refractivity contribution in [2.75, 3.05) is 12.3 Å². The van der Waals surface area contributed by atoms with E-state index in [-0.39, 0.29) is 5.56 Å². The third-order valence-electron chi connectivity index (χ3n) is 2.30. The number of hydrogen-bond donors (Lipinski definition) is 2. The van der Waals surface area contributed by atoms with Gasteiger partial charge in [0.1, 0.15) is 10.6 Å². The van der Waals surface area contributed by atoms with Crippen LogP contribution in [-0.2, 0) is 9.54 Å². The molecule has 88 valence electrons. The fraction of sp³-hybridized carbons (Fsp3) is 0.364. The number of aliphatic carboxylic acids is 1. The van der Waals surface area contributed by atoms with E-state index < -0.39 is 16.5 Å². The Morgan fingerprint density at radius 2 is 2.19 bits per heavy atom. The summed E-state index contributed by atoms with van der Waals surface area (Å²) in [4.78, 5) is 11.3. The molecule has 0 aliphatic rings. The van der Waals surface area contributed by atoms with Crippen LogP contribution < -0.4 is 5.73 Å². The number of carboxylic acids is 1. The lowest BCUT2D eigenvalue weighted by Gasteiger charge is -2.24. The van der Waals surface area contributed by atoms with E-state index in [2.05, 4.69) is 0 Å². The van der Waals surface area contributed by atoms with Crippen molar-refractivity contribution in [1.82, 2.24) is 0 Å². The zero-order valence-electron chi connectivity index (χ0n) is 8.94. The molecule has 0 saturated carbocycles. The number of carbonyl (C=O) groups is 1. The fourth-order valence-corrected chi connectivity index (χ4v) is 2.34. The highest BCUT2D eigenvalue weighted by atomic mass is 32.2. The molecule has 1 aromatic rings. The molecular weight excluding hydrogens is 229 g/mol. The number of thioether (sulfide) groups is 1. The Labute approximate surface area is 97.8 Å². The van der Waals surface area contributed by atoms with E-state index in [0.29, 0.717) is 12.3 Å². The average molecular weight is 243 g/mol. The summed E-state index contributed by atoms with van der Waals surface area (Å²) in [5.74, 6) is -1.09. The van der Waals surface area contributed by atoms with Gasteiger partial charge >= 0.3 is 5.97 Å². The van der Waals surface area contributed by atoms with Gasteiger partial charge in [0.05, 0.1) is 0 Å². The second-order valence-electron chi connectivity index (χ2n) is 3.46. The molecular formula is C11H14FNO2S. The minimum atomic E-state index is -1.29. The van der Waals surface area contributed by atoms with Gasteiger partial charge in [-0.1, -0.05) is 18.2 Å². The molecule has 16 heavy (non-hydrogen) atoms. The molecule has 0 bridgehead atoms. The quantitative estimate of drug-likeness (QED) is 0.828. The normalized spacial score (nSPS) is 14.4. The van der Waals surface area contributed by atoms with Crippen molar-refractivity contribution < 1.29 is 14.3 Å². The number of benzene rings is 1. The van der Waals surface area contributed by atoms with Gasteiger partial charge in [-0.3, -0.25) is 4.79 Å². The maximum atomic E-state index is 13.6. The minimum Gasteiger partial charge on any atom is -0.480 e. The van der Waals surface area contributed by atoms with Gasteiger partial charge in [-0.15, -0.1) is 11.8 Å². The molecule has 3 N–H and O–H groups in total. The molecule has 1 atom stereocenters. The Morgan fingerprint density at radius 1 is 1.56 bits per heavy atom. The van der Waals surface area contributed by atoms with Crippen LogP contribution in [-0.4, -0.2) is 23.4 Å². The highest BCUT2D eigenvalue weighted by Crippen LogP contribution is 2.37. The number of hydrogen-bond acceptors (Lipinski definition) is 3. The van der Waals surface area contributed by atoms with Crippen molar-refractivity contribution in [2.24, 2.45) is 5.73 Å². The molecule has 0 amide bonds. The van der Waals surface area contributed by atoms with E-state index in [0.717, 1.165) is 11.8 Å². The Hall–Kier alpha value is -1.07. The van der Waals surface area contributed by atoms with Crippen LogP contribution in [0.25, 0.3) is 0 Å². The van der Waals surface area contributed by atoms with Crippen LogP contribution in [0.1, 0.15) is 12.5 Å². The number of rotatable bonds is 5. The maximum absolute atomic E-state index is 13.6. The smallest absolute Gasteiger partial charge is 0.324 e. The molecule has 0 fully saturated rings. The first-order valence-electron chi connectivity index (χ1n) is 4.85. The van der Waals surface area contributed by atoms with Gasteiger partial charge in [0.25, 0.3) is 0 Å². The zero-order valence-corrected chi connectivity index (χ0v) is 9.76.